The lowest BCUT2D eigenvalue weighted by molar-refractivity contribution is -0.598. The normalized spacial score (nSPS) is 19.6. The monoisotopic (exact) mass is 564 g/mol. The second-order valence-corrected chi connectivity index (χ2v) is 10.4. The molecule has 2 heterocycles. The molecular formula is C25H22ClF3N5O3S+. The number of hydrogen-bond acceptors (Lipinski definition) is 5. The standard InChI is InChI=1S/C25H21ClF3N5O3S/c26-19-7-2-1-6-18(19)22(23(36)31-16-13-25(28,29)14-16)33(17-5-3-4-15(27)12-17)34(37)20-8-9-21(35)32(20)24-30-10-11-38-24/h1-7,10-12,16,20,22H,8-9,13-14H2/p+1. The van der Waals surface area contributed by atoms with Gasteiger partial charge in [-0.2, -0.15) is 0 Å². The molecule has 0 radical (unpaired) electrons. The van der Waals surface area contributed by atoms with E-state index < -0.39 is 48.7 Å². The Hall–Kier alpha value is -3.51. The van der Waals surface area contributed by atoms with Crippen molar-refractivity contribution >= 4 is 45.6 Å². The van der Waals surface area contributed by atoms with Crippen molar-refractivity contribution in [1.29, 1.82) is 0 Å². The highest BCUT2D eigenvalue weighted by Gasteiger charge is 2.52. The topological polar surface area (TPSA) is 85.6 Å². The maximum atomic E-state index is 14.4. The summed E-state index contributed by atoms with van der Waals surface area (Å²) in [6, 6.07) is 9.08. The Kier molecular flexibility index (Phi) is 7.10. The van der Waals surface area contributed by atoms with Gasteiger partial charge in [0.25, 0.3) is 11.8 Å². The molecule has 198 valence electrons. The summed E-state index contributed by atoms with van der Waals surface area (Å²) in [4.78, 5) is 46.5. The maximum Gasteiger partial charge on any atom is 0.317 e. The number of nitrogens with zero attached hydrogens (tertiary/aromatic N) is 4. The molecule has 2 fully saturated rings. The van der Waals surface area contributed by atoms with E-state index in [1.165, 1.54) is 52.8 Å². The summed E-state index contributed by atoms with van der Waals surface area (Å²) in [5.41, 5.74) is 0.213. The third-order valence-corrected chi connectivity index (χ3v) is 7.59. The molecule has 1 aromatic heterocycles. The zero-order valence-electron chi connectivity index (χ0n) is 19.8. The zero-order chi connectivity index (χ0) is 27.0. The fourth-order valence-corrected chi connectivity index (χ4v) is 5.65. The van der Waals surface area contributed by atoms with E-state index in [0.29, 0.717) is 10.0 Å². The Bertz CT molecular complexity index is 1370. The Balaban J connectivity index is 1.59. The molecule has 2 aliphatic rings. The van der Waals surface area contributed by atoms with Gasteiger partial charge in [-0.15, -0.1) is 11.3 Å². The van der Waals surface area contributed by atoms with Crippen LogP contribution in [-0.4, -0.2) is 39.8 Å². The van der Waals surface area contributed by atoms with Gasteiger partial charge in [0.15, 0.2) is 11.2 Å². The molecule has 38 heavy (non-hydrogen) atoms. The van der Waals surface area contributed by atoms with Crippen LogP contribution in [0, 0.1) is 10.7 Å². The van der Waals surface area contributed by atoms with Crippen LogP contribution >= 0.6 is 22.9 Å². The van der Waals surface area contributed by atoms with E-state index in [0.717, 1.165) is 11.1 Å². The van der Waals surface area contributed by atoms with Crippen LogP contribution in [0.3, 0.4) is 0 Å². The van der Waals surface area contributed by atoms with Crippen molar-refractivity contribution in [2.45, 2.75) is 49.9 Å². The van der Waals surface area contributed by atoms with E-state index in [2.05, 4.69) is 10.3 Å². The van der Waals surface area contributed by atoms with Crippen LogP contribution in [0.1, 0.15) is 37.3 Å². The van der Waals surface area contributed by atoms with E-state index in [1.54, 1.807) is 17.5 Å². The first kappa shape index (κ1) is 26.1. The molecule has 1 saturated carbocycles. The number of anilines is 2. The van der Waals surface area contributed by atoms with Crippen molar-refractivity contribution in [3.63, 3.8) is 0 Å². The van der Waals surface area contributed by atoms with Crippen LogP contribution in [-0.2, 0) is 9.59 Å². The quantitative estimate of drug-likeness (QED) is 0.299. The molecule has 0 spiro atoms. The van der Waals surface area contributed by atoms with Gasteiger partial charge < -0.3 is 5.32 Å². The predicted molar refractivity (Wildman–Crippen MR) is 135 cm³/mol. The first-order valence-corrected chi connectivity index (χ1v) is 13.1. The Morgan fingerprint density at radius 1 is 1.24 bits per heavy atom. The average Bonchev–Trinajstić information content (AvgIpc) is 3.51. The Morgan fingerprint density at radius 3 is 2.66 bits per heavy atom. The van der Waals surface area contributed by atoms with Crippen LogP contribution < -0.4 is 15.2 Å². The number of aromatic nitrogens is 1. The second-order valence-electron chi connectivity index (χ2n) is 9.12. The molecule has 0 bridgehead atoms. The van der Waals surface area contributed by atoms with Crippen LogP contribution in [0.5, 0.6) is 0 Å². The number of thiazole rings is 1. The molecule has 5 rings (SSSR count). The number of alkyl halides is 2. The first-order valence-electron chi connectivity index (χ1n) is 11.8. The number of hydrogen-bond donors (Lipinski definition) is 1. The molecular weight excluding hydrogens is 543 g/mol. The molecule has 1 aliphatic heterocycles. The summed E-state index contributed by atoms with van der Waals surface area (Å²) >= 11 is 7.62. The highest BCUT2D eigenvalue weighted by molar-refractivity contribution is 7.13. The van der Waals surface area contributed by atoms with Crippen LogP contribution in [0.25, 0.3) is 0 Å². The third kappa shape index (κ3) is 5.10. The smallest absolute Gasteiger partial charge is 0.317 e. The maximum absolute atomic E-state index is 14.4. The van der Waals surface area contributed by atoms with E-state index in [9.17, 15) is 27.7 Å². The van der Waals surface area contributed by atoms with Gasteiger partial charge in [0.05, 0.1) is 4.91 Å². The minimum Gasteiger partial charge on any atom is -0.351 e. The second kappa shape index (κ2) is 10.3. The number of amides is 2. The fourth-order valence-electron chi connectivity index (χ4n) is 4.71. The SMILES string of the molecule is O=C(NC1CC(F)(F)C1)C(c1ccccc1Cl)N(c1cccc(F)c1)[N+](=O)C1CCC(=O)N1c1nccs1. The van der Waals surface area contributed by atoms with Crippen LogP contribution in [0.2, 0.25) is 5.02 Å². The molecule has 2 atom stereocenters. The molecule has 13 heteroatoms. The van der Waals surface area contributed by atoms with Gasteiger partial charge in [0.1, 0.15) is 16.4 Å². The zero-order valence-corrected chi connectivity index (χ0v) is 21.3. The van der Waals surface area contributed by atoms with Crippen LogP contribution in [0.4, 0.5) is 24.0 Å². The lowest BCUT2D eigenvalue weighted by Crippen LogP contribution is -2.56. The van der Waals surface area contributed by atoms with E-state index in [-0.39, 0.29) is 35.0 Å². The van der Waals surface area contributed by atoms with E-state index in [1.807, 2.05) is 0 Å². The van der Waals surface area contributed by atoms with Crippen molar-refractivity contribution in [3.05, 3.63) is 81.4 Å². The number of nitroso groups, excluding NO2 is 1. The van der Waals surface area contributed by atoms with Gasteiger partial charge in [0, 0.05) is 60.0 Å². The molecule has 2 unspecified atom stereocenters. The number of carbonyl (C=O) groups is 2. The van der Waals surface area contributed by atoms with Crippen molar-refractivity contribution in [3.8, 4) is 0 Å². The van der Waals surface area contributed by atoms with Gasteiger partial charge in [-0.25, -0.2) is 23.1 Å². The summed E-state index contributed by atoms with van der Waals surface area (Å²) in [5.74, 6) is -4.66. The van der Waals surface area contributed by atoms with E-state index in [4.69, 9.17) is 11.6 Å². The number of benzene rings is 2. The highest BCUT2D eigenvalue weighted by atomic mass is 35.5. The number of hydrazine groups is 1. The number of halogens is 4. The number of carbonyl (C=O) groups excluding carboxylic acids is 2. The van der Waals surface area contributed by atoms with Crippen molar-refractivity contribution in [2.24, 2.45) is 0 Å². The van der Waals surface area contributed by atoms with Crippen molar-refractivity contribution in [1.82, 2.24) is 10.3 Å². The summed E-state index contributed by atoms with van der Waals surface area (Å²) in [6.45, 7) is 0. The summed E-state index contributed by atoms with van der Waals surface area (Å²) < 4.78 is 41.4. The summed E-state index contributed by atoms with van der Waals surface area (Å²) in [6.07, 6.45) is -0.521. The predicted octanol–water partition coefficient (Wildman–Crippen LogP) is 5.24. The third-order valence-electron chi connectivity index (χ3n) is 6.48. The summed E-state index contributed by atoms with van der Waals surface area (Å²) in [5, 5.41) is 5.70. The molecule has 1 saturated heterocycles. The Labute approximate surface area is 224 Å². The lowest BCUT2D eigenvalue weighted by atomic mass is 9.88. The Morgan fingerprint density at radius 2 is 2.00 bits per heavy atom. The molecule has 1 N–H and O–H groups in total. The largest absolute Gasteiger partial charge is 0.351 e. The molecule has 3 aromatic rings. The molecule has 8 nitrogen and oxygen atoms in total. The van der Waals surface area contributed by atoms with Crippen molar-refractivity contribution < 1.29 is 27.6 Å². The van der Waals surface area contributed by atoms with E-state index >= 15 is 0 Å². The minimum atomic E-state index is -2.89. The molecule has 2 aromatic carbocycles. The molecule has 2 amide bonds. The van der Waals surface area contributed by atoms with Crippen molar-refractivity contribution in [2.75, 3.05) is 9.91 Å². The molecule has 1 aliphatic carbocycles. The number of nitrogens with one attached hydrogen (secondary N) is 1. The summed E-state index contributed by atoms with van der Waals surface area (Å²) in [7, 11) is 0. The average molecular weight is 565 g/mol. The lowest BCUT2D eigenvalue weighted by Gasteiger charge is -2.37. The minimum absolute atomic E-state index is 0.0115. The van der Waals surface area contributed by atoms with Gasteiger partial charge in [-0.3, -0.25) is 9.59 Å². The fraction of sp³-hybridized carbons (Fsp3) is 0.320. The van der Waals surface area contributed by atoms with Crippen LogP contribution in [0.15, 0.2) is 60.1 Å². The van der Waals surface area contributed by atoms with Gasteiger partial charge in [-0.05, 0) is 18.2 Å². The van der Waals surface area contributed by atoms with Gasteiger partial charge in [0.2, 0.25) is 5.91 Å². The highest BCUT2D eigenvalue weighted by Crippen LogP contribution is 2.40. The first-order chi connectivity index (χ1) is 18.1. The number of rotatable bonds is 8. The van der Waals surface area contributed by atoms with Gasteiger partial charge in [-0.1, -0.05) is 40.9 Å². The van der Waals surface area contributed by atoms with Gasteiger partial charge >= 0.3 is 6.17 Å².